The predicted octanol–water partition coefficient (Wildman–Crippen LogP) is 5.66. The van der Waals surface area contributed by atoms with Gasteiger partial charge in [-0.1, -0.05) is 17.7 Å². The van der Waals surface area contributed by atoms with Crippen molar-refractivity contribution in [3.63, 3.8) is 0 Å². The van der Waals surface area contributed by atoms with Crippen molar-refractivity contribution in [2.75, 3.05) is 6.54 Å². The van der Waals surface area contributed by atoms with Gasteiger partial charge in [-0.3, -0.25) is 4.90 Å². The number of aromatic nitrogens is 2. The molecule has 4 aromatic rings. The van der Waals surface area contributed by atoms with E-state index in [1.165, 1.54) is 15.3 Å². The zero-order chi connectivity index (χ0) is 18.2. The molecule has 4 heterocycles. The largest absolute Gasteiger partial charge is 0.419 e. The van der Waals surface area contributed by atoms with Crippen LogP contribution in [-0.2, 0) is 13.0 Å². The summed E-state index contributed by atoms with van der Waals surface area (Å²) in [5, 5.41) is 13.5. The smallest absolute Gasteiger partial charge is 0.247 e. The number of fused-ring (bicyclic) bond motifs is 1. The number of benzene rings is 1. The summed E-state index contributed by atoms with van der Waals surface area (Å²) >= 11 is 9.61. The SMILES string of the molecule is Clc1ccc(-c2nnc(CN3CCc4sccc4C3c3cccs3)o2)cc1. The molecule has 3 aromatic heterocycles. The topological polar surface area (TPSA) is 42.2 Å². The minimum absolute atomic E-state index is 0.255. The normalized spacial score (nSPS) is 17.1. The van der Waals surface area contributed by atoms with Gasteiger partial charge in [-0.25, -0.2) is 0 Å². The van der Waals surface area contributed by atoms with Gasteiger partial charge in [0, 0.05) is 26.9 Å². The third-order valence-electron chi connectivity index (χ3n) is 4.77. The van der Waals surface area contributed by atoms with Crippen LogP contribution in [0, 0.1) is 0 Å². The summed E-state index contributed by atoms with van der Waals surface area (Å²) in [6.45, 7) is 1.62. The molecule has 136 valence electrons. The molecule has 27 heavy (non-hydrogen) atoms. The molecule has 0 saturated heterocycles. The van der Waals surface area contributed by atoms with E-state index in [-0.39, 0.29) is 6.04 Å². The van der Waals surface area contributed by atoms with Gasteiger partial charge in [0.2, 0.25) is 11.8 Å². The highest BCUT2D eigenvalue weighted by atomic mass is 35.5. The van der Waals surface area contributed by atoms with E-state index in [2.05, 4.69) is 44.1 Å². The molecule has 4 nitrogen and oxygen atoms in total. The molecule has 1 unspecified atom stereocenters. The maximum Gasteiger partial charge on any atom is 0.247 e. The number of rotatable bonds is 4. The maximum absolute atomic E-state index is 5.96. The molecule has 5 rings (SSSR count). The van der Waals surface area contributed by atoms with E-state index >= 15 is 0 Å². The van der Waals surface area contributed by atoms with Crippen LogP contribution in [0.1, 0.15) is 27.3 Å². The highest BCUT2D eigenvalue weighted by molar-refractivity contribution is 7.10. The molecule has 7 heteroatoms. The van der Waals surface area contributed by atoms with Crippen LogP contribution >= 0.6 is 34.3 Å². The van der Waals surface area contributed by atoms with E-state index in [9.17, 15) is 0 Å². The van der Waals surface area contributed by atoms with E-state index in [0.29, 0.717) is 23.3 Å². The average Bonchev–Trinajstić information content (AvgIpc) is 3.44. The molecule has 0 amide bonds. The van der Waals surface area contributed by atoms with Crippen molar-refractivity contribution in [2.45, 2.75) is 19.0 Å². The van der Waals surface area contributed by atoms with Gasteiger partial charge in [-0.15, -0.1) is 32.9 Å². The lowest BCUT2D eigenvalue weighted by molar-refractivity contribution is 0.189. The fourth-order valence-corrected chi connectivity index (χ4v) is 5.43. The summed E-state index contributed by atoms with van der Waals surface area (Å²) in [6.07, 6.45) is 1.06. The zero-order valence-electron chi connectivity index (χ0n) is 14.3. The van der Waals surface area contributed by atoms with Gasteiger partial charge < -0.3 is 4.42 Å². The Balaban J connectivity index is 1.42. The number of nitrogens with zero attached hydrogens (tertiary/aromatic N) is 3. The number of hydrogen-bond donors (Lipinski definition) is 0. The molecule has 0 spiro atoms. The summed E-state index contributed by atoms with van der Waals surface area (Å²) in [6, 6.07) is 14.3. The number of thiophene rings is 2. The van der Waals surface area contributed by atoms with Crippen LogP contribution in [0.15, 0.2) is 57.6 Å². The molecule has 0 N–H and O–H groups in total. The second-order valence-electron chi connectivity index (χ2n) is 6.45. The maximum atomic E-state index is 5.96. The Morgan fingerprint density at radius 1 is 1.07 bits per heavy atom. The van der Waals surface area contributed by atoms with Crippen molar-refractivity contribution >= 4 is 34.3 Å². The Kier molecular flexibility index (Phi) is 4.57. The van der Waals surface area contributed by atoms with Crippen LogP contribution in [-0.4, -0.2) is 21.6 Å². The van der Waals surface area contributed by atoms with Crippen molar-refractivity contribution in [3.8, 4) is 11.5 Å². The summed E-state index contributed by atoms with van der Waals surface area (Å²) in [4.78, 5) is 5.27. The molecule has 0 fully saturated rings. The molecule has 1 aliphatic heterocycles. The lowest BCUT2D eigenvalue weighted by Crippen LogP contribution is -2.34. The standard InChI is InChI=1S/C20H16ClN3OS2/c21-14-5-3-13(4-6-14)20-23-22-18(25-20)12-24-9-7-16-15(8-11-27-16)19(24)17-2-1-10-26-17/h1-6,8,10-11,19H,7,9,12H2. The Morgan fingerprint density at radius 3 is 2.78 bits per heavy atom. The Bertz CT molecular complexity index is 1040. The molecule has 1 atom stereocenters. The lowest BCUT2D eigenvalue weighted by atomic mass is 9.98. The molecule has 0 aliphatic carbocycles. The van der Waals surface area contributed by atoms with E-state index in [1.54, 1.807) is 11.3 Å². The number of hydrogen-bond acceptors (Lipinski definition) is 6. The minimum Gasteiger partial charge on any atom is -0.419 e. The summed E-state index contributed by atoms with van der Waals surface area (Å²) in [5.74, 6) is 1.17. The van der Waals surface area contributed by atoms with Gasteiger partial charge in [0.15, 0.2) is 0 Å². The van der Waals surface area contributed by atoms with Crippen molar-refractivity contribution in [1.29, 1.82) is 0 Å². The first-order chi connectivity index (χ1) is 13.3. The van der Waals surface area contributed by atoms with Crippen molar-refractivity contribution < 1.29 is 4.42 Å². The lowest BCUT2D eigenvalue weighted by Gasteiger charge is -2.34. The second-order valence-corrected chi connectivity index (χ2v) is 8.86. The third-order valence-corrected chi connectivity index (χ3v) is 6.95. The van der Waals surface area contributed by atoms with E-state index < -0.39 is 0 Å². The van der Waals surface area contributed by atoms with Crippen LogP contribution in [0.3, 0.4) is 0 Å². The highest BCUT2D eigenvalue weighted by Crippen LogP contribution is 2.40. The Morgan fingerprint density at radius 2 is 1.96 bits per heavy atom. The van der Waals surface area contributed by atoms with Crippen LogP contribution in [0.25, 0.3) is 11.5 Å². The van der Waals surface area contributed by atoms with Gasteiger partial charge in [0.05, 0.1) is 12.6 Å². The van der Waals surface area contributed by atoms with Crippen LogP contribution in [0.2, 0.25) is 5.02 Å². The van der Waals surface area contributed by atoms with Gasteiger partial charge in [0.1, 0.15) is 0 Å². The van der Waals surface area contributed by atoms with Gasteiger partial charge in [-0.05, 0) is 59.1 Å². The first-order valence-electron chi connectivity index (χ1n) is 8.70. The van der Waals surface area contributed by atoms with Crippen LogP contribution in [0.4, 0.5) is 0 Å². The molecule has 1 aromatic carbocycles. The minimum atomic E-state index is 0.255. The quantitative estimate of drug-likeness (QED) is 0.433. The predicted molar refractivity (Wildman–Crippen MR) is 109 cm³/mol. The van der Waals surface area contributed by atoms with Gasteiger partial charge >= 0.3 is 0 Å². The monoisotopic (exact) mass is 413 g/mol. The number of halogens is 1. The van der Waals surface area contributed by atoms with E-state index in [4.69, 9.17) is 16.0 Å². The zero-order valence-corrected chi connectivity index (χ0v) is 16.7. The summed E-state index contributed by atoms with van der Waals surface area (Å²) < 4.78 is 5.95. The molecule has 0 saturated carbocycles. The van der Waals surface area contributed by atoms with Gasteiger partial charge in [0.25, 0.3) is 0 Å². The van der Waals surface area contributed by atoms with E-state index in [0.717, 1.165) is 18.5 Å². The second kappa shape index (κ2) is 7.20. The molecular formula is C20H16ClN3OS2. The highest BCUT2D eigenvalue weighted by Gasteiger charge is 2.31. The van der Waals surface area contributed by atoms with Crippen LogP contribution < -0.4 is 0 Å². The first-order valence-corrected chi connectivity index (χ1v) is 10.8. The Labute approximate surface area is 170 Å². The molecule has 0 radical (unpaired) electrons. The van der Waals surface area contributed by atoms with Gasteiger partial charge in [-0.2, -0.15) is 0 Å². The van der Waals surface area contributed by atoms with Crippen molar-refractivity contribution in [1.82, 2.24) is 15.1 Å². The van der Waals surface area contributed by atoms with Crippen molar-refractivity contribution in [2.24, 2.45) is 0 Å². The molecule has 0 bridgehead atoms. The van der Waals surface area contributed by atoms with Crippen LogP contribution in [0.5, 0.6) is 0 Å². The molecular weight excluding hydrogens is 398 g/mol. The Hall–Kier alpha value is -1.99. The fourth-order valence-electron chi connectivity index (χ4n) is 3.52. The third kappa shape index (κ3) is 3.34. The fraction of sp³-hybridized carbons (Fsp3) is 0.200. The van der Waals surface area contributed by atoms with E-state index in [1.807, 2.05) is 35.6 Å². The summed E-state index contributed by atoms with van der Waals surface area (Å²) in [5.41, 5.74) is 2.29. The molecule has 1 aliphatic rings. The summed E-state index contributed by atoms with van der Waals surface area (Å²) in [7, 11) is 0. The average molecular weight is 414 g/mol. The first kappa shape index (κ1) is 17.1. The van der Waals surface area contributed by atoms with Crippen molar-refractivity contribution in [3.05, 3.63) is 79.5 Å².